The van der Waals surface area contributed by atoms with Gasteiger partial charge in [0.1, 0.15) is 11.8 Å². The number of carbonyl (C=O) groups excluding carboxylic acids is 1. The minimum absolute atomic E-state index is 0.128. The molecule has 1 amide bonds. The largest absolute Gasteiger partial charge is 0.508 e. The summed E-state index contributed by atoms with van der Waals surface area (Å²) in [5.41, 5.74) is 0.759. The molecule has 0 spiro atoms. The molecule has 108 valence electrons. The quantitative estimate of drug-likeness (QED) is 0.736. The van der Waals surface area contributed by atoms with Gasteiger partial charge in [-0.2, -0.15) is 0 Å². The van der Waals surface area contributed by atoms with E-state index in [9.17, 15) is 19.8 Å². The molecule has 1 aliphatic rings. The zero-order valence-corrected chi connectivity index (χ0v) is 11.4. The molecule has 2 atom stereocenters. The molecule has 1 fully saturated rings. The van der Waals surface area contributed by atoms with Crippen molar-refractivity contribution in [3.63, 3.8) is 0 Å². The minimum atomic E-state index is -1.05. The molecule has 0 aromatic heterocycles. The van der Waals surface area contributed by atoms with Gasteiger partial charge in [0.05, 0.1) is 0 Å². The summed E-state index contributed by atoms with van der Waals surface area (Å²) in [5.74, 6) is -0.838. The first-order chi connectivity index (χ1) is 9.47. The molecule has 2 rings (SSSR count). The molecule has 3 N–H and O–H groups in total. The van der Waals surface area contributed by atoms with Crippen molar-refractivity contribution in [1.82, 2.24) is 5.32 Å². The fourth-order valence-corrected chi connectivity index (χ4v) is 2.18. The Balaban J connectivity index is 1.97. The highest BCUT2D eigenvalue weighted by Gasteiger charge is 2.34. The number of phenolic OH excluding ortho intramolecular Hbond substituents is 1. The van der Waals surface area contributed by atoms with Crippen LogP contribution < -0.4 is 5.32 Å². The molecule has 0 radical (unpaired) electrons. The van der Waals surface area contributed by atoms with Crippen molar-refractivity contribution in [1.29, 1.82) is 0 Å². The molecule has 1 unspecified atom stereocenters. The number of nitrogens with one attached hydrogen (secondary N) is 1. The van der Waals surface area contributed by atoms with E-state index in [-0.39, 0.29) is 24.0 Å². The van der Waals surface area contributed by atoms with E-state index >= 15 is 0 Å². The lowest BCUT2D eigenvalue weighted by molar-refractivity contribution is -0.142. The van der Waals surface area contributed by atoms with Crippen molar-refractivity contribution in [3.8, 4) is 5.75 Å². The summed E-state index contributed by atoms with van der Waals surface area (Å²) < 4.78 is 0. The van der Waals surface area contributed by atoms with Crippen LogP contribution in [0.1, 0.15) is 25.3 Å². The smallest absolute Gasteiger partial charge is 0.326 e. The minimum Gasteiger partial charge on any atom is -0.508 e. The van der Waals surface area contributed by atoms with Crippen molar-refractivity contribution in [2.24, 2.45) is 11.8 Å². The second kappa shape index (κ2) is 5.94. The van der Waals surface area contributed by atoms with E-state index in [0.717, 1.165) is 18.4 Å². The highest BCUT2D eigenvalue weighted by molar-refractivity contribution is 5.85. The van der Waals surface area contributed by atoms with Gasteiger partial charge in [-0.05, 0) is 36.5 Å². The number of hydrogen-bond donors (Lipinski definition) is 3. The molecule has 0 heterocycles. The Bertz CT molecular complexity index is 493. The van der Waals surface area contributed by atoms with Crippen LogP contribution in [-0.2, 0) is 16.0 Å². The Labute approximate surface area is 117 Å². The number of aliphatic carboxylic acids is 1. The van der Waals surface area contributed by atoms with Gasteiger partial charge in [0, 0.05) is 12.3 Å². The predicted molar refractivity (Wildman–Crippen MR) is 73.3 cm³/mol. The summed E-state index contributed by atoms with van der Waals surface area (Å²) in [4.78, 5) is 23.2. The van der Waals surface area contributed by atoms with Crippen molar-refractivity contribution < 1.29 is 19.8 Å². The van der Waals surface area contributed by atoms with E-state index in [0.29, 0.717) is 5.92 Å². The SMILES string of the molecule is CC(C(=O)N[C@H](Cc1ccc(O)cc1)C(=O)O)C1CC1. The molecular formula is C15H19NO4. The van der Waals surface area contributed by atoms with E-state index in [1.54, 1.807) is 12.1 Å². The third kappa shape index (κ3) is 3.73. The van der Waals surface area contributed by atoms with Gasteiger partial charge in [-0.25, -0.2) is 4.79 Å². The molecule has 1 saturated carbocycles. The van der Waals surface area contributed by atoms with Crippen LogP contribution in [-0.4, -0.2) is 28.1 Å². The van der Waals surface area contributed by atoms with Gasteiger partial charge in [0.2, 0.25) is 5.91 Å². The van der Waals surface area contributed by atoms with Gasteiger partial charge in [-0.3, -0.25) is 4.79 Å². The first kappa shape index (κ1) is 14.4. The van der Waals surface area contributed by atoms with Crippen LogP contribution in [0.4, 0.5) is 0 Å². The van der Waals surface area contributed by atoms with Crippen LogP contribution in [0.5, 0.6) is 5.75 Å². The van der Waals surface area contributed by atoms with E-state index in [1.807, 2.05) is 6.92 Å². The van der Waals surface area contributed by atoms with Gasteiger partial charge in [-0.1, -0.05) is 19.1 Å². The number of carbonyl (C=O) groups is 2. The number of phenols is 1. The van der Waals surface area contributed by atoms with E-state index in [4.69, 9.17) is 0 Å². The molecule has 0 bridgehead atoms. The summed E-state index contributed by atoms with van der Waals surface area (Å²) in [5, 5.41) is 21.0. The first-order valence-electron chi connectivity index (χ1n) is 6.78. The fraction of sp³-hybridized carbons (Fsp3) is 0.467. The van der Waals surface area contributed by atoms with Crippen LogP contribution in [0.25, 0.3) is 0 Å². The Morgan fingerprint density at radius 2 is 1.90 bits per heavy atom. The summed E-state index contributed by atoms with van der Waals surface area (Å²) in [6.07, 6.45) is 2.30. The van der Waals surface area contributed by atoms with Gasteiger partial charge >= 0.3 is 5.97 Å². The van der Waals surface area contributed by atoms with Crippen LogP contribution in [0, 0.1) is 11.8 Å². The Morgan fingerprint density at radius 1 is 1.30 bits per heavy atom. The number of rotatable bonds is 6. The zero-order chi connectivity index (χ0) is 14.7. The molecule has 1 aromatic rings. The van der Waals surface area contributed by atoms with Crippen LogP contribution >= 0.6 is 0 Å². The Hall–Kier alpha value is -2.04. The predicted octanol–water partition coefficient (Wildman–Crippen LogP) is 1.55. The summed E-state index contributed by atoms with van der Waals surface area (Å²) in [7, 11) is 0. The molecule has 1 aliphatic carbocycles. The first-order valence-corrected chi connectivity index (χ1v) is 6.78. The lowest BCUT2D eigenvalue weighted by atomic mass is 10.0. The number of carboxylic acids is 1. The maximum absolute atomic E-state index is 12.0. The van der Waals surface area contributed by atoms with Crippen molar-refractivity contribution in [3.05, 3.63) is 29.8 Å². The molecule has 0 aliphatic heterocycles. The van der Waals surface area contributed by atoms with Gasteiger partial charge < -0.3 is 15.5 Å². The lowest BCUT2D eigenvalue weighted by Crippen LogP contribution is -2.44. The van der Waals surface area contributed by atoms with Crippen molar-refractivity contribution in [2.45, 2.75) is 32.2 Å². The van der Waals surface area contributed by atoms with Crippen LogP contribution in [0.3, 0.4) is 0 Å². The topological polar surface area (TPSA) is 86.6 Å². The van der Waals surface area contributed by atoms with Gasteiger partial charge in [-0.15, -0.1) is 0 Å². The third-order valence-electron chi connectivity index (χ3n) is 3.73. The fourth-order valence-electron chi connectivity index (χ4n) is 2.18. The number of carboxylic acid groups (broad SMARTS) is 1. The zero-order valence-electron chi connectivity index (χ0n) is 11.4. The Morgan fingerprint density at radius 3 is 2.40 bits per heavy atom. The second-order valence-electron chi connectivity index (χ2n) is 5.40. The lowest BCUT2D eigenvalue weighted by Gasteiger charge is -2.17. The summed E-state index contributed by atoms with van der Waals surface area (Å²) >= 11 is 0. The number of aromatic hydroxyl groups is 1. The highest BCUT2D eigenvalue weighted by Crippen LogP contribution is 2.36. The van der Waals surface area contributed by atoms with Crippen LogP contribution in [0.15, 0.2) is 24.3 Å². The number of amides is 1. The van der Waals surface area contributed by atoms with Gasteiger partial charge in [0.15, 0.2) is 0 Å². The molecule has 5 nitrogen and oxygen atoms in total. The maximum atomic E-state index is 12.0. The third-order valence-corrected chi connectivity index (χ3v) is 3.73. The summed E-state index contributed by atoms with van der Waals surface area (Å²) in [6, 6.07) is 5.38. The normalized spacial score (nSPS) is 17.2. The highest BCUT2D eigenvalue weighted by atomic mass is 16.4. The average Bonchev–Trinajstić information content (AvgIpc) is 3.23. The van der Waals surface area contributed by atoms with Crippen molar-refractivity contribution in [2.75, 3.05) is 0 Å². The second-order valence-corrected chi connectivity index (χ2v) is 5.40. The van der Waals surface area contributed by atoms with Gasteiger partial charge in [0.25, 0.3) is 0 Å². The maximum Gasteiger partial charge on any atom is 0.326 e. The van der Waals surface area contributed by atoms with E-state index < -0.39 is 12.0 Å². The molecule has 0 saturated heterocycles. The van der Waals surface area contributed by atoms with Crippen LogP contribution in [0.2, 0.25) is 0 Å². The molecule has 1 aromatic carbocycles. The summed E-state index contributed by atoms with van der Waals surface area (Å²) in [6.45, 7) is 1.84. The number of benzene rings is 1. The van der Waals surface area contributed by atoms with E-state index in [1.165, 1.54) is 12.1 Å². The molecule has 5 heteroatoms. The van der Waals surface area contributed by atoms with Crippen molar-refractivity contribution >= 4 is 11.9 Å². The standard InChI is InChI=1S/C15H19NO4/c1-9(11-4-5-11)14(18)16-13(15(19)20)8-10-2-6-12(17)7-3-10/h2-3,6-7,9,11,13,17H,4-5,8H2,1H3,(H,16,18)(H,19,20)/t9?,13-/m1/s1. The molecular weight excluding hydrogens is 258 g/mol. The Kier molecular flexibility index (Phi) is 4.27. The van der Waals surface area contributed by atoms with E-state index in [2.05, 4.69) is 5.32 Å². The molecule has 20 heavy (non-hydrogen) atoms. The monoisotopic (exact) mass is 277 g/mol. The number of hydrogen-bond acceptors (Lipinski definition) is 3. The average molecular weight is 277 g/mol.